The lowest BCUT2D eigenvalue weighted by Crippen LogP contribution is -2.21. The Balaban J connectivity index is 1.60. The van der Waals surface area contributed by atoms with E-state index < -0.39 is 18.5 Å². The molecule has 4 aromatic rings. The van der Waals surface area contributed by atoms with Crippen molar-refractivity contribution in [1.29, 1.82) is 10.5 Å². The van der Waals surface area contributed by atoms with Gasteiger partial charge in [-0.1, -0.05) is 30.0 Å². The number of aliphatic hydroxyl groups excluding tert-OH is 2. The van der Waals surface area contributed by atoms with Gasteiger partial charge in [-0.25, -0.2) is 14.4 Å². The molecule has 9 nitrogen and oxygen atoms in total. The molecule has 0 amide bonds. The van der Waals surface area contributed by atoms with Gasteiger partial charge in [0.1, 0.15) is 59.1 Å². The maximum absolute atomic E-state index is 13.5. The summed E-state index contributed by atoms with van der Waals surface area (Å²) in [7, 11) is 0. The molecule has 0 bridgehead atoms. The third-order valence-corrected chi connectivity index (χ3v) is 6.20. The normalized spacial score (nSPS) is 11.5. The van der Waals surface area contributed by atoms with Crippen molar-refractivity contribution in [3.8, 4) is 40.5 Å². The topological polar surface area (TPSA) is 162 Å². The van der Waals surface area contributed by atoms with E-state index in [9.17, 15) is 20.0 Å². The quantitative estimate of drug-likeness (QED) is 0.278. The van der Waals surface area contributed by atoms with E-state index in [4.69, 9.17) is 20.0 Å². The zero-order valence-corrected chi connectivity index (χ0v) is 20.1. The van der Waals surface area contributed by atoms with E-state index >= 15 is 0 Å². The molecule has 0 saturated carbocycles. The Labute approximate surface area is 215 Å². The van der Waals surface area contributed by atoms with Crippen LogP contribution < -0.4 is 10.5 Å². The molecule has 0 fully saturated rings. The van der Waals surface area contributed by atoms with E-state index in [-0.39, 0.29) is 35.2 Å². The second kappa shape index (κ2) is 11.5. The summed E-state index contributed by atoms with van der Waals surface area (Å²) >= 11 is 1.20. The lowest BCUT2D eigenvalue weighted by atomic mass is 9.97. The number of aromatic nitrogens is 2. The van der Waals surface area contributed by atoms with Gasteiger partial charge in [0.2, 0.25) is 5.89 Å². The minimum atomic E-state index is -1.01. The smallest absolute Gasteiger partial charge is 0.226 e. The number of oxazole rings is 1. The van der Waals surface area contributed by atoms with Gasteiger partial charge in [-0.15, -0.1) is 0 Å². The zero-order chi connectivity index (χ0) is 26.4. The second-order valence-electron chi connectivity index (χ2n) is 7.77. The summed E-state index contributed by atoms with van der Waals surface area (Å²) in [5.74, 6) is 0.552. The van der Waals surface area contributed by atoms with Crippen LogP contribution >= 0.6 is 11.8 Å². The van der Waals surface area contributed by atoms with Crippen LogP contribution in [0.25, 0.3) is 22.6 Å². The predicted octanol–water partition coefficient (Wildman–Crippen LogP) is 3.89. The van der Waals surface area contributed by atoms with Crippen molar-refractivity contribution in [3.63, 3.8) is 0 Å². The molecule has 4 N–H and O–H groups in total. The molecular formula is C26H20FN5O4S. The Morgan fingerprint density at radius 3 is 2.51 bits per heavy atom. The summed E-state index contributed by atoms with van der Waals surface area (Å²) in [4.78, 5) is 8.66. The van der Waals surface area contributed by atoms with Gasteiger partial charge in [-0.05, 0) is 35.9 Å². The number of nitrogens with zero attached hydrogens (tertiary/aromatic N) is 4. The van der Waals surface area contributed by atoms with Crippen LogP contribution in [0.5, 0.6) is 5.75 Å². The van der Waals surface area contributed by atoms with Crippen LogP contribution in [0.15, 0.2) is 64.2 Å². The van der Waals surface area contributed by atoms with Gasteiger partial charge in [0.25, 0.3) is 0 Å². The number of halogens is 1. The van der Waals surface area contributed by atoms with Crippen molar-refractivity contribution in [1.82, 2.24) is 9.97 Å². The standard InChI is InChI=1S/C26H20FN5O4S/c27-17-3-1-2-16(8-17)25-31-18(12-36-25)14-37-26-22(10-29)23(21(9-28)24(30)32-26)15-4-6-20(7-5-15)35-13-19(34)11-33/h1-8,12,19,33-34H,11,13-14H2,(H2,30,32)/t19-/m1/s1. The SMILES string of the molecule is N#Cc1c(N)nc(SCc2coc(-c3cccc(F)c3)n2)c(C#N)c1-c1ccc(OC[C@H](O)CO)cc1. The van der Waals surface area contributed by atoms with Crippen LogP contribution in [-0.4, -0.2) is 39.5 Å². The van der Waals surface area contributed by atoms with Crippen LogP contribution in [0.1, 0.15) is 16.8 Å². The van der Waals surface area contributed by atoms with Crippen molar-refractivity contribution < 1.29 is 23.8 Å². The summed E-state index contributed by atoms with van der Waals surface area (Å²) in [5.41, 5.74) is 8.25. The fourth-order valence-corrected chi connectivity index (χ4v) is 4.30. The highest BCUT2D eigenvalue weighted by atomic mass is 32.2. The van der Waals surface area contributed by atoms with E-state index in [1.807, 2.05) is 6.07 Å². The highest BCUT2D eigenvalue weighted by molar-refractivity contribution is 7.98. The van der Waals surface area contributed by atoms with Gasteiger partial charge < -0.3 is 25.1 Å². The van der Waals surface area contributed by atoms with Crippen molar-refractivity contribution in [3.05, 3.63) is 77.4 Å². The fraction of sp³-hybridized carbons (Fsp3) is 0.154. The first-order valence-electron chi connectivity index (χ1n) is 10.9. The molecule has 0 radical (unpaired) electrons. The van der Waals surface area contributed by atoms with Crippen LogP contribution in [0.3, 0.4) is 0 Å². The lowest BCUT2D eigenvalue weighted by molar-refractivity contribution is 0.0536. The van der Waals surface area contributed by atoms with Crippen LogP contribution in [0, 0.1) is 28.5 Å². The Hall–Kier alpha value is -4.42. The number of nitrogens with two attached hydrogens (primary N) is 1. The van der Waals surface area contributed by atoms with E-state index in [1.165, 1.54) is 30.2 Å². The molecule has 11 heteroatoms. The minimum Gasteiger partial charge on any atom is -0.491 e. The first kappa shape index (κ1) is 25.7. The molecule has 186 valence electrons. The summed E-state index contributed by atoms with van der Waals surface area (Å²) in [6.07, 6.45) is 0.434. The molecule has 0 aliphatic carbocycles. The van der Waals surface area contributed by atoms with Gasteiger partial charge in [-0.3, -0.25) is 0 Å². The van der Waals surface area contributed by atoms with Gasteiger partial charge in [0, 0.05) is 16.9 Å². The Morgan fingerprint density at radius 2 is 1.84 bits per heavy atom. The van der Waals surface area contributed by atoms with Crippen molar-refractivity contribution in [2.24, 2.45) is 0 Å². The number of benzene rings is 2. The van der Waals surface area contributed by atoms with Gasteiger partial charge in [-0.2, -0.15) is 10.5 Å². The van der Waals surface area contributed by atoms with Crippen molar-refractivity contribution >= 4 is 17.6 Å². The highest BCUT2D eigenvalue weighted by Gasteiger charge is 2.21. The maximum atomic E-state index is 13.5. The van der Waals surface area contributed by atoms with Gasteiger partial charge in [0.15, 0.2) is 0 Å². The number of nitriles is 2. The van der Waals surface area contributed by atoms with Gasteiger partial charge >= 0.3 is 0 Å². The van der Waals surface area contributed by atoms with Gasteiger partial charge in [0.05, 0.1) is 17.9 Å². The number of hydrogen-bond acceptors (Lipinski definition) is 10. The molecule has 0 spiro atoms. The highest BCUT2D eigenvalue weighted by Crippen LogP contribution is 2.37. The average Bonchev–Trinajstić information content (AvgIpc) is 3.39. The number of rotatable bonds is 9. The molecule has 37 heavy (non-hydrogen) atoms. The number of pyridine rings is 1. The van der Waals surface area contributed by atoms with Crippen LogP contribution in [0.2, 0.25) is 0 Å². The summed E-state index contributed by atoms with van der Waals surface area (Å²) in [6, 6.07) is 16.6. The summed E-state index contributed by atoms with van der Waals surface area (Å²) < 4.78 is 24.4. The number of thioether (sulfide) groups is 1. The van der Waals surface area contributed by atoms with E-state index in [2.05, 4.69) is 16.0 Å². The molecule has 2 heterocycles. The molecule has 0 saturated heterocycles. The van der Waals surface area contributed by atoms with Crippen molar-refractivity contribution in [2.45, 2.75) is 16.9 Å². The number of ether oxygens (including phenoxy) is 1. The molecule has 2 aromatic heterocycles. The third kappa shape index (κ3) is 5.88. The number of aliphatic hydroxyl groups is 2. The second-order valence-corrected chi connectivity index (χ2v) is 8.73. The molecule has 0 aliphatic heterocycles. The summed E-state index contributed by atoms with van der Waals surface area (Å²) in [6.45, 7) is -0.513. The molecular weight excluding hydrogens is 497 g/mol. The predicted molar refractivity (Wildman–Crippen MR) is 134 cm³/mol. The molecule has 2 aromatic carbocycles. The Morgan fingerprint density at radius 1 is 1.08 bits per heavy atom. The monoisotopic (exact) mass is 517 g/mol. The van der Waals surface area contributed by atoms with Crippen LogP contribution in [-0.2, 0) is 5.75 Å². The van der Waals surface area contributed by atoms with E-state index in [0.717, 1.165) is 0 Å². The molecule has 4 rings (SSSR count). The Bertz CT molecular complexity index is 1490. The lowest BCUT2D eigenvalue weighted by Gasteiger charge is -2.14. The van der Waals surface area contributed by atoms with E-state index in [1.54, 1.807) is 36.4 Å². The molecule has 0 unspecified atom stereocenters. The van der Waals surface area contributed by atoms with Crippen LogP contribution in [0.4, 0.5) is 10.2 Å². The number of hydrogen-bond donors (Lipinski definition) is 3. The Kier molecular flexibility index (Phi) is 8.01. The minimum absolute atomic E-state index is 0.0222. The fourth-order valence-electron chi connectivity index (χ4n) is 3.42. The first-order valence-corrected chi connectivity index (χ1v) is 11.9. The van der Waals surface area contributed by atoms with E-state index in [0.29, 0.717) is 33.2 Å². The summed E-state index contributed by atoms with van der Waals surface area (Å²) in [5, 5.41) is 38.4. The van der Waals surface area contributed by atoms with Crippen molar-refractivity contribution in [2.75, 3.05) is 18.9 Å². The maximum Gasteiger partial charge on any atom is 0.226 e. The number of anilines is 1. The third-order valence-electron chi connectivity index (χ3n) is 5.19. The largest absolute Gasteiger partial charge is 0.491 e. The molecule has 1 atom stereocenters. The number of nitrogen functional groups attached to an aromatic ring is 1. The first-order chi connectivity index (χ1) is 17.9. The zero-order valence-electron chi connectivity index (χ0n) is 19.3. The molecule has 0 aliphatic rings. The average molecular weight is 518 g/mol.